The van der Waals surface area contributed by atoms with Crippen molar-refractivity contribution in [3.8, 4) is 0 Å². The van der Waals surface area contributed by atoms with Gasteiger partial charge in [0.25, 0.3) is 0 Å². The molecule has 94 valence electrons. The zero-order chi connectivity index (χ0) is 12.9. The van der Waals surface area contributed by atoms with Crippen LogP contribution >= 0.6 is 11.8 Å². The summed E-state index contributed by atoms with van der Waals surface area (Å²) in [6.07, 6.45) is 4.65. The molecule has 0 bridgehead atoms. The molecule has 0 radical (unpaired) electrons. The van der Waals surface area contributed by atoms with Gasteiger partial charge in [-0.05, 0) is 36.6 Å². The summed E-state index contributed by atoms with van der Waals surface area (Å²) in [5, 5.41) is 0. The first kappa shape index (κ1) is 14.3. The second-order valence-electron chi connectivity index (χ2n) is 3.82. The lowest BCUT2D eigenvalue weighted by molar-refractivity contribution is 0.599. The minimum absolute atomic E-state index is 0.0834. The Kier molecular flexibility index (Phi) is 5.28. The van der Waals surface area contributed by atoms with Crippen LogP contribution in [0, 0.1) is 6.92 Å². The lowest BCUT2D eigenvalue weighted by Crippen LogP contribution is -2.05. The third kappa shape index (κ3) is 4.21. The van der Waals surface area contributed by atoms with E-state index in [1.807, 2.05) is 32.2 Å². The van der Waals surface area contributed by atoms with Gasteiger partial charge >= 0.3 is 0 Å². The smallest absolute Gasteiger partial charge is 0.181 e. The Morgan fingerprint density at radius 2 is 1.88 bits per heavy atom. The number of rotatable bonds is 5. The summed E-state index contributed by atoms with van der Waals surface area (Å²) in [4.78, 5) is 1.51. The zero-order valence-corrected chi connectivity index (χ0v) is 12.1. The molecule has 4 heteroatoms. The van der Waals surface area contributed by atoms with E-state index in [4.69, 9.17) is 0 Å². The number of benzene rings is 1. The highest BCUT2D eigenvalue weighted by Gasteiger charge is 2.12. The molecule has 17 heavy (non-hydrogen) atoms. The molecule has 0 saturated carbocycles. The normalized spacial score (nSPS) is 12.8. The molecule has 0 fully saturated rings. The maximum absolute atomic E-state index is 12.0. The van der Waals surface area contributed by atoms with Gasteiger partial charge in [0.15, 0.2) is 9.84 Å². The summed E-state index contributed by atoms with van der Waals surface area (Å²) in [5.74, 6) is 0.0834. The van der Waals surface area contributed by atoms with Gasteiger partial charge in [0.2, 0.25) is 0 Å². The van der Waals surface area contributed by atoms with Crippen molar-refractivity contribution in [2.24, 2.45) is 0 Å². The summed E-state index contributed by atoms with van der Waals surface area (Å²) >= 11 is 1.60. The Balaban J connectivity index is 2.89. The molecule has 0 heterocycles. The van der Waals surface area contributed by atoms with Gasteiger partial charge in [-0.25, -0.2) is 8.42 Å². The van der Waals surface area contributed by atoms with Gasteiger partial charge in [0.1, 0.15) is 0 Å². The fraction of sp³-hybridized carbons (Fsp3) is 0.385. The molecule has 0 aliphatic heterocycles. The quantitative estimate of drug-likeness (QED) is 0.822. The maximum atomic E-state index is 12.0. The first-order valence-corrected chi connectivity index (χ1v) is 8.39. The minimum atomic E-state index is -3.18. The highest BCUT2D eigenvalue weighted by Crippen LogP contribution is 2.18. The fourth-order valence-corrected chi connectivity index (χ4v) is 3.22. The average Bonchev–Trinajstić information content (AvgIpc) is 2.31. The molecule has 1 rings (SSSR count). The molecule has 0 aliphatic rings. The van der Waals surface area contributed by atoms with E-state index >= 15 is 0 Å². The van der Waals surface area contributed by atoms with Gasteiger partial charge in [0.05, 0.1) is 10.6 Å². The summed E-state index contributed by atoms with van der Waals surface area (Å²) < 4.78 is 24.1. The molecule has 2 nitrogen and oxygen atoms in total. The molecule has 0 atom stereocenters. The van der Waals surface area contributed by atoms with Crippen molar-refractivity contribution in [2.75, 3.05) is 12.0 Å². The van der Waals surface area contributed by atoms with Crippen LogP contribution in [0.5, 0.6) is 0 Å². The SMILES string of the molecule is CC/C(=C/CS(=O)(=O)c1ccc(C)cc1)SC. The lowest BCUT2D eigenvalue weighted by Gasteiger charge is -2.03. The van der Waals surface area contributed by atoms with Crippen molar-refractivity contribution < 1.29 is 8.42 Å². The molecule has 0 aromatic heterocycles. The third-order valence-electron chi connectivity index (χ3n) is 2.52. The van der Waals surface area contributed by atoms with Crippen LogP contribution < -0.4 is 0 Å². The first-order chi connectivity index (χ1) is 7.99. The van der Waals surface area contributed by atoms with Crippen molar-refractivity contribution in [3.05, 3.63) is 40.8 Å². The number of thioether (sulfide) groups is 1. The van der Waals surface area contributed by atoms with E-state index in [1.54, 1.807) is 30.0 Å². The van der Waals surface area contributed by atoms with Crippen LogP contribution in [0.4, 0.5) is 0 Å². The Morgan fingerprint density at radius 3 is 2.35 bits per heavy atom. The summed E-state index contributed by atoms with van der Waals surface area (Å²) in [6, 6.07) is 6.99. The van der Waals surface area contributed by atoms with Gasteiger partial charge in [-0.15, -0.1) is 11.8 Å². The zero-order valence-electron chi connectivity index (χ0n) is 10.4. The Hall–Kier alpha value is -0.740. The van der Waals surface area contributed by atoms with E-state index in [-0.39, 0.29) is 5.75 Å². The number of aryl methyl sites for hydroxylation is 1. The maximum Gasteiger partial charge on any atom is 0.181 e. The predicted octanol–water partition coefficient (Wildman–Crippen LogP) is 3.43. The summed E-state index contributed by atoms with van der Waals surface area (Å²) in [5.41, 5.74) is 1.07. The second kappa shape index (κ2) is 6.26. The third-order valence-corrected chi connectivity index (χ3v) is 5.10. The predicted molar refractivity (Wildman–Crippen MR) is 75.1 cm³/mol. The summed E-state index contributed by atoms with van der Waals surface area (Å²) in [7, 11) is -3.18. The fourth-order valence-electron chi connectivity index (χ4n) is 1.42. The number of hydrogen-bond donors (Lipinski definition) is 0. The van der Waals surface area contributed by atoms with Crippen LogP contribution in [-0.4, -0.2) is 20.4 Å². The monoisotopic (exact) mass is 270 g/mol. The van der Waals surface area contributed by atoms with Gasteiger partial charge in [-0.2, -0.15) is 0 Å². The van der Waals surface area contributed by atoms with Crippen LogP contribution in [-0.2, 0) is 9.84 Å². The molecule has 1 aromatic carbocycles. The van der Waals surface area contributed by atoms with Crippen molar-refractivity contribution in [1.82, 2.24) is 0 Å². The molecule has 0 amide bonds. The average molecular weight is 270 g/mol. The van der Waals surface area contributed by atoms with Gasteiger partial charge in [0, 0.05) is 0 Å². The standard InChI is InChI=1S/C13H18O2S2/c1-4-12(16-3)9-10-17(14,15)13-7-5-11(2)6-8-13/h5-9H,4,10H2,1-3H3/b12-9-. The van der Waals surface area contributed by atoms with Crippen molar-refractivity contribution in [3.63, 3.8) is 0 Å². The van der Waals surface area contributed by atoms with E-state index in [9.17, 15) is 8.42 Å². The van der Waals surface area contributed by atoms with Crippen molar-refractivity contribution in [1.29, 1.82) is 0 Å². The molecule has 0 aliphatic carbocycles. The van der Waals surface area contributed by atoms with Crippen LogP contribution in [0.1, 0.15) is 18.9 Å². The Morgan fingerprint density at radius 1 is 1.29 bits per heavy atom. The van der Waals surface area contributed by atoms with E-state index in [0.29, 0.717) is 4.90 Å². The van der Waals surface area contributed by atoms with E-state index in [0.717, 1.165) is 16.9 Å². The molecule has 0 spiro atoms. The largest absolute Gasteiger partial charge is 0.223 e. The minimum Gasteiger partial charge on any atom is -0.223 e. The number of allylic oxidation sites excluding steroid dienone is 1. The van der Waals surface area contributed by atoms with Crippen LogP contribution in [0.25, 0.3) is 0 Å². The highest BCUT2D eigenvalue weighted by molar-refractivity contribution is 8.02. The molecule has 0 unspecified atom stereocenters. The van der Waals surface area contributed by atoms with Crippen LogP contribution in [0.2, 0.25) is 0 Å². The Labute approximate surface area is 108 Å². The van der Waals surface area contributed by atoms with Crippen LogP contribution in [0.15, 0.2) is 40.1 Å². The number of hydrogen-bond acceptors (Lipinski definition) is 3. The molecule has 1 aromatic rings. The van der Waals surface area contributed by atoms with Gasteiger partial charge in [-0.1, -0.05) is 30.7 Å². The van der Waals surface area contributed by atoms with Crippen molar-refractivity contribution >= 4 is 21.6 Å². The topological polar surface area (TPSA) is 34.1 Å². The second-order valence-corrected chi connectivity index (χ2v) is 6.79. The van der Waals surface area contributed by atoms with Gasteiger partial charge in [-0.3, -0.25) is 0 Å². The Bertz CT molecular complexity index is 479. The highest BCUT2D eigenvalue weighted by atomic mass is 32.2. The van der Waals surface area contributed by atoms with Gasteiger partial charge < -0.3 is 0 Å². The summed E-state index contributed by atoms with van der Waals surface area (Å²) in [6.45, 7) is 3.97. The lowest BCUT2D eigenvalue weighted by atomic mass is 10.2. The van der Waals surface area contributed by atoms with E-state index in [1.165, 1.54) is 0 Å². The first-order valence-electron chi connectivity index (χ1n) is 5.52. The van der Waals surface area contributed by atoms with Crippen molar-refractivity contribution in [2.45, 2.75) is 25.2 Å². The number of sulfone groups is 1. The van der Waals surface area contributed by atoms with E-state index < -0.39 is 9.84 Å². The van der Waals surface area contributed by atoms with Crippen LogP contribution in [0.3, 0.4) is 0 Å². The molecule has 0 N–H and O–H groups in total. The molecule has 0 saturated heterocycles. The molecular weight excluding hydrogens is 252 g/mol. The molecular formula is C13H18O2S2. The van der Waals surface area contributed by atoms with E-state index in [2.05, 4.69) is 0 Å².